The first kappa shape index (κ1) is 21.3. The minimum atomic E-state index is -0.144. The third-order valence-electron chi connectivity index (χ3n) is 4.99. The van der Waals surface area contributed by atoms with Crippen LogP contribution in [0.15, 0.2) is 72.8 Å². The van der Waals surface area contributed by atoms with Crippen molar-refractivity contribution in [3.8, 4) is 0 Å². The van der Waals surface area contributed by atoms with Crippen LogP contribution in [0.4, 0.5) is 11.4 Å². The van der Waals surface area contributed by atoms with E-state index < -0.39 is 0 Å². The van der Waals surface area contributed by atoms with Crippen molar-refractivity contribution in [3.05, 3.63) is 95.1 Å². The van der Waals surface area contributed by atoms with E-state index in [0.29, 0.717) is 12.1 Å². The molecule has 3 rings (SSSR count). The Labute approximate surface area is 177 Å². The minimum absolute atomic E-state index is 0.0509. The molecule has 0 unspecified atom stereocenters. The molecule has 30 heavy (non-hydrogen) atoms. The maximum atomic E-state index is 12.4. The van der Waals surface area contributed by atoms with Crippen LogP contribution in [0.1, 0.15) is 27.0 Å². The molecule has 0 aliphatic carbocycles. The predicted molar refractivity (Wildman–Crippen MR) is 122 cm³/mol. The summed E-state index contributed by atoms with van der Waals surface area (Å²) in [5, 5.41) is 5.86. The van der Waals surface area contributed by atoms with Gasteiger partial charge in [0.25, 0.3) is 5.91 Å². The lowest BCUT2D eigenvalue weighted by Crippen LogP contribution is -2.30. The van der Waals surface area contributed by atoms with Crippen molar-refractivity contribution < 1.29 is 9.59 Å². The number of carbonyl (C=O) groups is 2. The highest BCUT2D eigenvalue weighted by Crippen LogP contribution is 2.18. The molecular formula is C25H27N3O2. The van der Waals surface area contributed by atoms with Gasteiger partial charge in [0.05, 0.1) is 6.54 Å². The zero-order chi connectivity index (χ0) is 21.5. The Bertz CT molecular complexity index is 1010. The lowest BCUT2D eigenvalue weighted by molar-refractivity contribution is -0.117. The van der Waals surface area contributed by atoms with E-state index in [-0.39, 0.29) is 18.4 Å². The summed E-state index contributed by atoms with van der Waals surface area (Å²) in [5.74, 6) is -0.195. The van der Waals surface area contributed by atoms with E-state index in [1.807, 2.05) is 86.5 Å². The number of carbonyl (C=O) groups excluding carboxylic acids is 2. The second-order valence-corrected chi connectivity index (χ2v) is 7.49. The van der Waals surface area contributed by atoms with Gasteiger partial charge in [-0.3, -0.25) is 14.5 Å². The SMILES string of the molecule is Cc1cccc(NC(=O)CN(C)Cc2ccc(C(=O)Nc3ccccc3)cc2)c1C. The van der Waals surface area contributed by atoms with Gasteiger partial charge in [-0.1, -0.05) is 42.5 Å². The van der Waals surface area contributed by atoms with Crippen molar-refractivity contribution in [1.29, 1.82) is 0 Å². The standard InChI is InChI=1S/C25H27N3O2/c1-18-8-7-11-23(19(18)2)27-24(29)17-28(3)16-20-12-14-21(15-13-20)25(30)26-22-9-5-4-6-10-22/h4-15H,16-17H2,1-3H3,(H,26,30)(H,27,29). The molecule has 0 fully saturated rings. The molecule has 0 aliphatic rings. The van der Waals surface area contributed by atoms with Gasteiger partial charge in [0.15, 0.2) is 0 Å². The largest absolute Gasteiger partial charge is 0.325 e. The van der Waals surface area contributed by atoms with Crippen molar-refractivity contribution in [3.63, 3.8) is 0 Å². The molecule has 0 radical (unpaired) electrons. The second-order valence-electron chi connectivity index (χ2n) is 7.49. The Morgan fingerprint density at radius 1 is 0.833 bits per heavy atom. The summed E-state index contributed by atoms with van der Waals surface area (Å²) in [6, 6.07) is 22.7. The topological polar surface area (TPSA) is 61.4 Å². The molecule has 0 saturated carbocycles. The van der Waals surface area contributed by atoms with E-state index in [2.05, 4.69) is 10.6 Å². The molecule has 0 bridgehead atoms. The van der Waals surface area contributed by atoms with E-state index in [0.717, 1.165) is 28.1 Å². The molecule has 0 spiro atoms. The fraction of sp³-hybridized carbons (Fsp3) is 0.200. The highest BCUT2D eigenvalue weighted by Gasteiger charge is 2.11. The number of likely N-dealkylation sites (N-methyl/N-ethyl adjacent to an activating group) is 1. The van der Waals surface area contributed by atoms with Gasteiger partial charge in [-0.2, -0.15) is 0 Å². The van der Waals surface area contributed by atoms with Gasteiger partial charge in [0, 0.05) is 23.5 Å². The molecule has 5 heteroatoms. The zero-order valence-corrected chi connectivity index (χ0v) is 17.6. The minimum Gasteiger partial charge on any atom is -0.325 e. The number of para-hydroxylation sites is 1. The highest BCUT2D eigenvalue weighted by atomic mass is 16.2. The summed E-state index contributed by atoms with van der Waals surface area (Å²) >= 11 is 0. The van der Waals surface area contributed by atoms with Crippen molar-refractivity contribution in [2.24, 2.45) is 0 Å². The van der Waals surface area contributed by atoms with E-state index in [1.54, 1.807) is 12.1 Å². The number of nitrogens with one attached hydrogen (secondary N) is 2. The summed E-state index contributed by atoms with van der Waals surface area (Å²) in [4.78, 5) is 26.7. The molecule has 0 aromatic heterocycles. The molecule has 0 atom stereocenters. The summed E-state index contributed by atoms with van der Waals surface area (Å²) < 4.78 is 0. The zero-order valence-electron chi connectivity index (χ0n) is 17.6. The van der Waals surface area contributed by atoms with Gasteiger partial charge in [-0.25, -0.2) is 0 Å². The first-order valence-corrected chi connectivity index (χ1v) is 9.92. The Kier molecular flexibility index (Phi) is 6.99. The van der Waals surface area contributed by atoms with E-state index in [9.17, 15) is 9.59 Å². The quantitative estimate of drug-likeness (QED) is 0.607. The number of amides is 2. The van der Waals surface area contributed by atoms with E-state index in [1.165, 1.54) is 0 Å². The molecule has 0 heterocycles. The number of benzene rings is 3. The monoisotopic (exact) mass is 401 g/mol. The lowest BCUT2D eigenvalue weighted by Gasteiger charge is -2.17. The number of rotatable bonds is 7. The summed E-state index contributed by atoms with van der Waals surface area (Å²) in [5.41, 5.74) is 5.48. The first-order chi connectivity index (χ1) is 14.4. The molecule has 5 nitrogen and oxygen atoms in total. The molecule has 3 aromatic rings. The number of anilines is 2. The van der Waals surface area contributed by atoms with Crippen LogP contribution in [0.2, 0.25) is 0 Å². The summed E-state index contributed by atoms with van der Waals surface area (Å²) in [6.07, 6.45) is 0. The molecule has 2 N–H and O–H groups in total. The molecule has 154 valence electrons. The molecule has 2 amide bonds. The summed E-state index contributed by atoms with van der Waals surface area (Å²) in [6.45, 7) is 4.93. The maximum absolute atomic E-state index is 12.4. The first-order valence-electron chi connectivity index (χ1n) is 9.92. The van der Waals surface area contributed by atoms with Crippen LogP contribution >= 0.6 is 0 Å². The molecule has 0 aliphatic heterocycles. The number of hydrogen-bond donors (Lipinski definition) is 2. The number of nitrogens with zero attached hydrogens (tertiary/aromatic N) is 1. The van der Waals surface area contributed by atoms with Gasteiger partial charge < -0.3 is 10.6 Å². The Morgan fingerprint density at radius 2 is 1.53 bits per heavy atom. The smallest absolute Gasteiger partial charge is 0.255 e. The van der Waals surface area contributed by atoms with Crippen LogP contribution in [0.25, 0.3) is 0 Å². The van der Waals surface area contributed by atoms with Crippen LogP contribution in [0.3, 0.4) is 0 Å². The van der Waals surface area contributed by atoms with Crippen molar-refractivity contribution in [2.75, 3.05) is 24.2 Å². The lowest BCUT2D eigenvalue weighted by atomic mass is 10.1. The molecule has 0 saturated heterocycles. The molecule has 3 aromatic carbocycles. The van der Waals surface area contributed by atoms with Crippen LogP contribution in [-0.4, -0.2) is 30.3 Å². The second kappa shape index (κ2) is 9.85. The van der Waals surface area contributed by atoms with Gasteiger partial charge >= 0.3 is 0 Å². The molecular weight excluding hydrogens is 374 g/mol. The van der Waals surface area contributed by atoms with Gasteiger partial charge in [-0.05, 0) is 67.9 Å². The normalized spacial score (nSPS) is 10.7. The maximum Gasteiger partial charge on any atom is 0.255 e. The van der Waals surface area contributed by atoms with Crippen molar-refractivity contribution >= 4 is 23.2 Å². The summed E-state index contributed by atoms with van der Waals surface area (Å²) in [7, 11) is 1.90. The van der Waals surface area contributed by atoms with Gasteiger partial charge in [-0.15, -0.1) is 0 Å². The Balaban J connectivity index is 1.52. The predicted octanol–water partition coefficient (Wildman–Crippen LogP) is 4.63. The van der Waals surface area contributed by atoms with Crippen LogP contribution < -0.4 is 10.6 Å². The average Bonchev–Trinajstić information content (AvgIpc) is 2.72. The Hall–Kier alpha value is -3.44. The van der Waals surface area contributed by atoms with Gasteiger partial charge in [0.1, 0.15) is 0 Å². The van der Waals surface area contributed by atoms with E-state index >= 15 is 0 Å². The fourth-order valence-electron chi connectivity index (χ4n) is 3.18. The van der Waals surface area contributed by atoms with Crippen molar-refractivity contribution in [1.82, 2.24) is 4.90 Å². The number of hydrogen-bond acceptors (Lipinski definition) is 3. The van der Waals surface area contributed by atoms with Crippen molar-refractivity contribution in [2.45, 2.75) is 20.4 Å². The average molecular weight is 402 g/mol. The van der Waals surface area contributed by atoms with Crippen LogP contribution in [0, 0.1) is 13.8 Å². The number of aryl methyl sites for hydroxylation is 1. The highest BCUT2D eigenvalue weighted by molar-refractivity contribution is 6.04. The van der Waals surface area contributed by atoms with Crippen LogP contribution in [0.5, 0.6) is 0 Å². The third kappa shape index (κ3) is 5.78. The van der Waals surface area contributed by atoms with Crippen LogP contribution in [-0.2, 0) is 11.3 Å². The Morgan fingerprint density at radius 3 is 2.23 bits per heavy atom. The van der Waals surface area contributed by atoms with E-state index in [4.69, 9.17) is 0 Å². The third-order valence-corrected chi connectivity index (χ3v) is 4.99. The van der Waals surface area contributed by atoms with Gasteiger partial charge in [0.2, 0.25) is 5.91 Å². The fourth-order valence-corrected chi connectivity index (χ4v) is 3.18.